The van der Waals surface area contributed by atoms with Crippen molar-refractivity contribution in [3.8, 4) is 17.4 Å². The average Bonchev–Trinajstić information content (AvgIpc) is 3.23. The van der Waals surface area contributed by atoms with E-state index in [1.54, 1.807) is 4.90 Å². The van der Waals surface area contributed by atoms with Crippen molar-refractivity contribution < 1.29 is 23.7 Å². The molecule has 4 heterocycles. The first-order valence-corrected chi connectivity index (χ1v) is 8.08. The molecule has 0 saturated carbocycles. The van der Waals surface area contributed by atoms with E-state index in [1.807, 2.05) is 18.2 Å². The molecule has 3 aliphatic heterocycles. The monoisotopic (exact) mass is 328 g/mol. The van der Waals surface area contributed by atoms with Gasteiger partial charge in [0.15, 0.2) is 11.5 Å². The second kappa shape index (κ2) is 5.24. The SMILES string of the molecule is O=C1Oc2nc3cc4c(cc3cc2CN1C[C@@H]1CCCO1)OCO4. The van der Waals surface area contributed by atoms with Crippen LogP contribution in [0.1, 0.15) is 18.4 Å². The summed E-state index contributed by atoms with van der Waals surface area (Å²) >= 11 is 0. The Balaban J connectivity index is 1.48. The third kappa shape index (κ3) is 2.24. The van der Waals surface area contributed by atoms with Gasteiger partial charge in [-0.3, -0.25) is 0 Å². The van der Waals surface area contributed by atoms with Gasteiger partial charge in [0.05, 0.1) is 24.7 Å². The van der Waals surface area contributed by atoms with E-state index < -0.39 is 0 Å². The Labute approximate surface area is 138 Å². The molecule has 0 unspecified atom stereocenters. The van der Waals surface area contributed by atoms with E-state index in [0.717, 1.165) is 35.9 Å². The number of hydrogen-bond acceptors (Lipinski definition) is 6. The molecule has 3 aliphatic rings. The summed E-state index contributed by atoms with van der Waals surface area (Å²) in [5.74, 6) is 1.75. The Morgan fingerprint density at radius 3 is 2.92 bits per heavy atom. The number of aromatic nitrogens is 1. The zero-order valence-corrected chi connectivity index (χ0v) is 13.0. The van der Waals surface area contributed by atoms with Crippen LogP contribution in [0.25, 0.3) is 10.9 Å². The molecular formula is C17H16N2O5. The third-order valence-corrected chi connectivity index (χ3v) is 4.60. The summed E-state index contributed by atoms with van der Waals surface area (Å²) in [6, 6.07) is 5.71. The predicted octanol–water partition coefficient (Wildman–Crippen LogP) is 2.46. The van der Waals surface area contributed by atoms with Crippen molar-refractivity contribution in [2.24, 2.45) is 0 Å². The number of carbonyl (C=O) groups excluding carboxylic acids is 1. The molecule has 1 fully saturated rings. The lowest BCUT2D eigenvalue weighted by Gasteiger charge is -2.29. The molecule has 0 bridgehead atoms. The molecule has 1 aromatic carbocycles. The van der Waals surface area contributed by atoms with Crippen LogP contribution in [0.5, 0.6) is 17.4 Å². The van der Waals surface area contributed by atoms with E-state index in [-0.39, 0.29) is 19.0 Å². The number of rotatable bonds is 2. The van der Waals surface area contributed by atoms with E-state index in [0.29, 0.717) is 30.5 Å². The van der Waals surface area contributed by atoms with Crippen LogP contribution in [0.3, 0.4) is 0 Å². The molecule has 0 radical (unpaired) electrons. The molecule has 124 valence electrons. The topological polar surface area (TPSA) is 70.1 Å². The summed E-state index contributed by atoms with van der Waals surface area (Å²) in [7, 11) is 0. The van der Waals surface area contributed by atoms with Crippen molar-refractivity contribution in [2.75, 3.05) is 19.9 Å². The average molecular weight is 328 g/mol. The Morgan fingerprint density at radius 1 is 1.21 bits per heavy atom. The Morgan fingerprint density at radius 2 is 2.08 bits per heavy atom. The molecule has 7 heteroatoms. The van der Waals surface area contributed by atoms with Crippen LogP contribution in [-0.2, 0) is 11.3 Å². The van der Waals surface area contributed by atoms with E-state index in [1.165, 1.54) is 0 Å². The number of ether oxygens (including phenoxy) is 4. The summed E-state index contributed by atoms with van der Waals surface area (Å²) in [5.41, 5.74) is 1.61. The van der Waals surface area contributed by atoms with Crippen molar-refractivity contribution >= 4 is 17.0 Å². The first-order valence-electron chi connectivity index (χ1n) is 8.08. The lowest BCUT2D eigenvalue weighted by Crippen LogP contribution is -2.41. The van der Waals surface area contributed by atoms with Crippen molar-refractivity contribution in [3.05, 3.63) is 23.8 Å². The summed E-state index contributed by atoms with van der Waals surface area (Å²) < 4.78 is 21.8. The van der Waals surface area contributed by atoms with Gasteiger partial charge in [-0.25, -0.2) is 9.78 Å². The fourth-order valence-corrected chi connectivity index (χ4v) is 3.38. The van der Waals surface area contributed by atoms with Gasteiger partial charge in [-0.2, -0.15) is 0 Å². The minimum absolute atomic E-state index is 0.0985. The van der Waals surface area contributed by atoms with Crippen molar-refractivity contribution in [2.45, 2.75) is 25.5 Å². The van der Waals surface area contributed by atoms with Gasteiger partial charge in [0.2, 0.25) is 12.7 Å². The molecule has 0 spiro atoms. The highest BCUT2D eigenvalue weighted by molar-refractivity contribution is 5.85. The number of fused-ring (bicyclic) bond motifs is 3. The highest BCUT2D eigenvalue weighted by Crippen LogP contribution is 2.37. The van der Waals surface area contributed by atoms with Crippen molar-refractivity contribution in [1.29, 1.82) is 0 Å². The number of amides is 1. The zero-order chi connectivity index (χ0) is 16.1. The smallest absolute Gasteiger partial charge is 0.416 e. The van der Waals surface area contributed by atoms with Crippen molar-refractivity contribution in [1.82, 2.24) is 9.88 Å². The molecule has 0 N–H and O–H groups in total. The van der Waals surface area contributed by atoms with Crippen LogP contribution in [0.2, 0.25) is 0 Å². The number of benzene rings is 1. The second-order valence-electron chi connectivity index (χ2n) is 6.23. The Hall–Kier alpha value is -2.54. The van der Waals surface area contributed by atoms with Crippen LogP contribution in [0.15, 0.2) is 18.2 Å². The van der Waals surface area contributed by atoms with Gasteiger partial charge in [-0.1, -0.05) is 0 Å². The molecule has 1 atom stereocenters. The van der Waals surface area contributed by atoms with Crippen molar-refractivity contribution in [3.63, 3.8) is 0 Å². The van der Waals surface area contributed by atoms with Gasteiger partial charge >= 0.3 is 6.09 Å². The van der Waals surface area contributed by atoms with E-state index in [4.69, 9.17) is 18.9 Å². The minimum atomic E-state index is -0.370. The molecular weight excluding hydrogens is 312 g/mol. The third-order valence-electron chi connectivity index (χ3n) is 4.60. The van der Waals surface area contributed by atoms with Gasteiger partial charge < -0.3 is 23.8 Å². The first-order chi connectivity index (χ1) is 11.8. The molecule has 5 rings (SSSR count). The van der Waals surface area contributed by atoms with Gasteiger partial charge in [0, 0.05) is 23.6 Å². The van der Waals surface area contributed by atoms with Gasteiger partial charge in [0.25, 0.3) is 0 Å². The number of hydrogen-bond donors (Lipinski definition) is 0. The fourth-order valence-electron chi connectivity index (χ4n) is 3.38. The largest absolute Gasteiger partial charge is 0.454 e. The molecule has 1 aromatic heterocycles. The summed E-state index contributed by atoms with van der Waals surface area (Å²) in [4.78, 5) is 18.4. The van der Waals surface area contributed by atoms with Crippen LogP contribution in [0, 0.1) is 0 Å². The molecule has 24 heavy (non-hydrogen) atoms. The molecule has 2 aromatic rings. The van der Waals surface area contributed by atoms with Gasteiger partial charge in [-0.05, 0) is 25.0 Å². The standard InChI is InChI=1S/C17H16N2O5/c20-17-19(8-12-2-1-3-21-12)7-11-4-10-5-14-15(23-9-22-14)6-13(10)18-16(11)24-17/h4-6,12H,1-3,7-9H2/t12-/m0/s1. The quantitative estimate of drug-likeness (QED) is 0.843. The Bertz CT molecular complexity index is 831. The van der Waals surface area contributed by atoms with E-state index in [2.05, 4.69) is 4.98 Å². The lowest BCUT2D eigenvalue weighted by molar-refractivity contribution is 0.0641. The maximum atomic E-state index is 12.2. The summed E-state index contributed by atoms with van der Waals surface area (Å²) in [6.07, 6.45) is 1.76. The first kappa shape index (κ1) is 13.9. The highest BCUT2D eigenvalue weighted by atomic mass is 16.7. The fraction of sp³-hybridized carbons (Fsp3) is 0.412. The van der Waals surface area contributed by atoms with Gasteiger partial charge in [-0.15, -0.1) is 0 Å². The van der Waals surface area contributed by atoms with E-state index >= 15 is 0 Å². The highest BCUT2D eigenvalue weighted by Gasteiger charge is 2.30. The zero-order valence-electron chi connectivity index (χ0n) is 13.0. The van der Waals surface area contributed by atoms with Crippen LogP contribution in [0.4, 0.5) is 4.79 Å². The van der Waals surface area contributed by atoms with Crippen LogP contribution in [-0.4, -0.2) is 42.0 Å². The molecule has 1 saturated heterocycles. The minimum Gasteiger partial charge on any atom is -0.454 e. The Kier molecular flexibility index (Phi) is 3.02. The number of carbonyl (C=O) groups is 1. The normalized spacial score (nSPS) is 21.9. The maximum Gasteiger partial charge on any atom is 0.416 e. The van der Waals surface area contributed by atoms with Crippen LogP contribution < -0.4 is 14.2 Å². The summed E-state index contributed by atoms with van der Waals surface area (Å²) in [5, 5.41) is 0.938. The lowest BCUT2D eigenvalue weighted by atomic mass is 10.1. The second-order valence-corrected chi connectivity index (χ2v) is 6.23. The van der Waals surface area contributed by atoms with E-state index in [9.17, 15) is 4.79 Å². The van der Waals surface area contributed by atoms with Gasteiger partial charge in [0.1, 0.15) is 0 Å². The van der Waals surface area contributed by atoms with Crippen LogP contribution >= 0.6 is 0 Å². The summed E-state index contributed by atoms with van der Waals surface area (Å²) in [6.45, 7) is 2.02. The predicted molar refractivity (Wildman–Crippen MR) is 83.3 cm³/mol. The molecule has 1 amide bonds. The number of nitrogens with zero attached hydrogens (tertiary/aromatic N) is 2. The molecule has 7 nitrogen and oxygen atoms in total. The number of pyridine rings is 1. The maximum absolute atomic E-state index is 12.2. The molecule has 0 aliphatic carbocycles.